The summed E-state index contributed by atoms with van der Waals surface area (Å²) in [6.07, 6.45) is 1.24. The van der Waals surface area contributed by atoms with Crippen LogP contribution in [0.1, 0.15) is 44.1 Å². The number of hydrogen-bond donors (Lipinski definition) is 1. The van der Waals surface area contributed by atoms with E-state index in [4.69, 9.17) is 0 Å². The van der Waals surface area contributed by atoms with Crippen molar-refractivity contribution in [2.75, 3.05) is 0 Å². The number of hydrogen-bond acceptors (Lipinski definition) is 3. The monoisotopic (exact) mass is 349 g/mol. The van der Waals surface area contributed by atoms with Crippen molar-refractivity contribution in [3.05, 3.63) is 76.3 Å². The van der Waals surface area contributed by atoms with Crippen LogP contribution in [0.5, 0.6) is 0 Å². The maximum atomic E-state index is 12.7. The molecule has 0 aliphatic carbocycles. The molecule has 0 fully saturated rings. The van der Waals surface area contributed by atoms with Crippen molar-refractivity contribution in [2.45, 2.75) is 39.3 Å². The SMILES string of the molecule is CCCC(=O)N(Cc1ccccc1)C(C)c1nc2ccccc2c(=O)[nH]1. The third-order valence-corrected chi connectivity index (χ3v) is 4.47. The Labute approximate surface area is 152 Å². The molecule has 2 aromatic carbocycles. The van der Waals surface area contributed by atoms with Gasteiger partial charge in [-0.2, -0.15) is 0 Å². The topological polar surface area (TPSA) is 66.1 Å². The van der Waals surface area contributed by atoms with Crippen LogP contribution in [0.3, 0.4) is 0 Å². The van der Waals surface area contributed by atoms with Gasteiger partial charge in [0.15, 0.2) is 0 Å². The molecule has 1 aromatic heterocycles. The molecule has 1 atom stereocenters. The van der Waals surface area contributed by atoms with E-state index in [0.717, 1.165) is 12.0 Å². The standard InChI is InChI=1S/C21H23N3O2/c1-3-9-19(25)24(14-16-10-5-4-6-11-16)15(2)20-22-18-13-8-7-12-17(18)21(26)23-20/h4-8,10-13,15H,3,9,14H2,1-2H3,(H,22,23,26). The maximum absolute atomic E-state index is 12.7. The lowest BCUT2D eigenvalue weighted by atomic mass is 10.1. The summed E-state index contributed by atoms with van der Waals surface area (Å²) in [6, 6.07) is 16.8. The van der Waals surface area contributed by atoms with Crippen molar-refractivity contribution in [1.29, 1.82) is 0 Å². The van der Waals surface area contributed by atoms with E-state index in [1.54, 1.807) is 11.0 Å². The second-order valence-electron chi connectivity index (χ2n) is 6.40. The molecule has 3 rings (SSSR count). The van der Waals surface area contributed by atoms with Crippen molar-refractivity contribution in [3.63, 3.8) is 0 Å². The highest BCUT2D eigenvalue weighted by atomic mass is 16.2. The van der Waals surface area contributed by atoms with Gasteiger partial charge >= 0.3 is 0 Å². The number of nitrogens with one attached hydrogen (secondary N) is 1. The number of benzene rings is 2. The number of para-hydroxylation sites is 1. The highest BCUT2D eigenvalue weighted by Crippen LogP contribution is 2.21. The molecule has 1 heterocycles. The Bertz CT molecular complexity index is 950. The van der Waals surface area contributed by atoms with Crippen LogP contribution in [0.2, 0.25) is 0 Å². The largest absolute Gasteiger partial charge is 0.328 e. The number of carbonyl (C=O) groups excluding carboxylic acids is 1. The highest BCUT2D eigenvalue weighted by molar-refractivity contribution is 5.78. The molecular weight excluding hydrogens is 326 g/mol. The Kier molecular flexibility index (Phi) is 5.46. The lowest BCUT2D eigenvalue weighted by Gasteiger charge is -2.29. The summed E-state index contributed by atoms with van der Waals surface area (Å²) >= 11 is 0. The molecule has 134 valence electrons. The molecule has 1 unspecified atom stereocenters. The fraction of sp³-hybridized carbons (Fsp3) is 0.286. The van der Waals surface area contributed by atoms with Gasteiger partial charge in [-0.1, -0.05) is 49.4 Å². The molecule has 0 aliphatic heterocycles. The number of H-pyrrole nitrogens is 1. The van der Waals surface area contributed by atoms with Gasteiger partial charge in [-0.15, -0.1) is 0 Å². The maximum Gasteiger partial charge on any atom is 0.258 e. The minimum atomic E-state index is -0.327. The second-order valence-corrected chi connectivity index (χ2v) is 6.40. The molecular formula is C21H23N3O2. The van der Waals surface area contributed by atoms with E-state index in [2.05, 4.69) is 9.97 Å². The minimum Gasteiger partial charge on any atom is -0.328 e. The van der Waals surface area contributed by atoms with Crippen molar-refractivity contribution in [1.82, 2.24) is 14.9 Å². The van der Waals surface area contributed by atoms with E-state index in [1.165, 1.54) is 0 Å². The van der Waals surface area contributed by atoms with E-state index in [0.29, 0.717) is 29.7 Å². The first kappa shape index (κ1) is 17.9. The summed E-state index contributed by atoms with van der Waals surface area (Å²) in [5.74, 6) is 0.564. The summed E-state index contributed by atoms with van der Waals surface area (Å²) in [6.45, 7) is 4.38. The average Bonchev–Trinajstić information content (AvgIpc) is 2.66. The van der Waals surface area contributed by atoms with Gasteiger partial charge in [-0.3, -0.25) is 9.59 Å². The minimum absolute atomic E-state index is 0.0552. The van der Waals surface area contributed by atoms with Gasteiger partial charge in [0.2, 0.25) is 5.91 Å². The van der Waals surface area contributed by atoms with Crippen molar-refractivity contribution >= 4 is 16.8 Å². The van der Waals surface area contributed by atoms with E-state index >= 15 is 0 Å². The van der Waals surface area contributed by atoms with E-state index in [1.807, 2.05) is 62.4 Å². The molecule has 0 spiro atoms. The van der Waals surface area contributed by atoms with Crippen LogP contribution in [-0.4, -0.2) is 20.8 Å². The van der Waals surface area contributed by atoms with Gasteiger partial charge in [-0.25, -0.2) is 4.98 Å². The van der Waals surface area contributed by atoms with E-state index in [-0.39, 0.29) is 17.5 Å². The van der Waals surface area contributed by atoms with Crippen LogP contribution < -0.4 is 5.56 Å². The van der Waals surface area contributed by atoms with Crippen LogP contribution in [0.4, 0.5) is 0 Å². The van der Waals surface area contributed by atoms with Crippen LogP contribution in [0, 0.1) is 0 Å². The molecule has 5 nitrogen and oxygen atoms in total. The summed E-state index contributed by atoms with van der Waals surface area (Å²) in [5, 5.41) is 0.554. The molecule has 0 radical (unpaired) electrons. The predicted molar refractivity (Wildman–Crippen MR) is 103 cm³/mol. The molecule has 26 heavy (non-hydrogen) atoms. The van der Waals surface area contributed by atoms with Crippen LogP contribution in [-0.2, 0) is 11.3 Å². The average molecular weight is 349 g/mol. The molecule has 1 N–H and O–H groups in total. The lowest BCUT2D eigenvalue weighted by Crippen LogP contribution is -2.34. The first-order valence-electron chi connectivity index (χ1n) is 8.92. The summed E-state index contributed by atoms with van der Waals surface area (Å²) in [4.78, 5) is 34.3. The third kappa shape index (κ3) is 3.82. The Morgan fingerprint density at radius 2 is 1.81 bits per heavy atom. The molecule has 0 bridgehead atoms. The third-order valence-electron chi connectivity index (χ3n) is 4.47. The van der Waals surface area contributed by atoms with E-state index < -0.39 is 0 Å². The fourth-order valence-electron chi connectivity index (χ4n) is 3.03. The highest BCUT2D eigenvalue weighted by Gasteiger charge is 2.23. The fourth-order valence-corrected chi connectivity index (χ4v) is 3.03. The van der Waals surface area contributed by atoms with Crippen molar-refractivity contribution in [3.8, 4) is 0 Å². The van der Waals surface area contributed by atoms with Crippen LogP contribution >= 0.6 is 0 Å². The van der Waals surface area contributed by atoms with Gasteiger partial charge in [0, 0.05) is 13.0 Å². The van der Waals surface area contributed by atoms with Gasteiger partial charge in [0.05, 0.1) is 16.9 Å². The molecule has 0 saturated carbocycles. The number of amides is 1. The van der Waals surface area contributed by atoms with Crippen molar-refractivity contribution in [2.24, 2.45) is 0 Å². The molecule has 3 aromatic rings. The summed E-state index contributed by atoms with van der Waals surface area (Å²) < 4.78 is 0. The predicted octanol–water partition coefficient (Wildman–Crippen LogP) is 3.81. The normalized spacial score (nSPS) is 12.1. The Morgan fingerprint density at radius 3 is 2.54 bits per heavy atom. The zero-order valence-electron chi connectivity index (χ0n) is 15.1. The number of aromatic nitrogens is 2. The Morgan fingerprint density at radius 1 is 1.12 bits per heavy atom. The number of nitrogens with zero attached hydrogens (tertiary/aromatic N) is 2. The molecule has 1 amide bonds. The Hall–Kier alpha value is -2.95. The summed E-state index contributed by atoms with van der Waals surface area (Å²) in [5.41, 5.74) is 1.51. The zero-order chi connectivity index (χ0) is 18.5. The number of fused-ring (bicyclic) bond motifs is 1. The van der Waals surface area contributed by atoms with Crippen LogP contribution in [0.25, 0.3) is 10.9 Å². The Balaban J connectivity index is 1.97. The smallest absolute Gasteiger partial charge is 0.258 e. The zero-order valence-corrected chi connectivity index (χ0v) is 15.1. The van der Waals surface area contributed by atoms with Crippen LogP contribution in [0.15, 0.2) is 59.4 Å². The lowest BCUT2D eigenvalue weighted by molar-refractivity contribution is -0.134. The molecule has 0 saturated heterocycles. The first-order valence-corrected chi connectivity index (χ1v) is 8.92. The molecule has 5 heteroatoms. The van der Waals surface area contributed by atoms with Gasteiger partial charge in [0.25, 0.3) is 5.56 Å². The quantitative estimate of drug-likeness (QED) is 0.736. The van der Waals surface area contributed by atoms with Gasteiger partial charge in [-0.05, 0) is 31.0 Å². The number of aromatic amines is 1. The van der Waals surface area contributed by atoms with E-state index in [9.17, 15) is 9.59 Å². The van der Waals surface area contributed by atoms with Crippen molar-refractivity contribution < 1.29 is 4.79 Å². The van der Waals surface area contributed by atoms with Gasteiger partial charge < -0.3 is 9.88 Å². The first-order chi connectivity index (χ1) is 12.6. The summed E-state index contributed by atoms with van der Waals surface area (Å²) in [7, 11) is 0. The van der Waals surface area contributed by atoms with Gasteiger partial charge in [0.1, 0.15) is 5.82 Å². The number of rotatable bonds is 6. The number of carbonyl (C=O) groups is 1. The second kappa shape index (κ2) is 7.95. The molecule has 0 aliphatic rings.